The van der Waals surface area contributed by atoms with Crippen LogP contribution in [0.15, 0.2) is 40.5 Å². The zero-order chi connectivity index (χ0) is 14.0. The zero-order valence-corrected chi connectivity index (χ0v) is 11.4. The first kappa shape index (κ1) is 13.5. The number of phenols is 1. The van der Waals surface area contributed by atoms with Gasteiger partial charge in [0.15, 0.2) is 5.17 Å². The van der Waals surface area contributed by atoms with Gasteiger partial charge in [-0.05, 0) is 30.9 Å². The summed E-state index contributed by atoms with van der Waals surface area (Å²) in [5, 5.41) is 22.3. The Morgan fingerprint density at radius 3 is 2.53 bits per heavy atom. The highest BCUT2D eigenvalue weighted by Gasteiger charge is 2.28. The van der Waals surface area contributed by atoms with Crippen LogP contribution in [-0.2, 0) is 4.79 Å². The molecule has 0 radical (unpaired) electrons. The Morgan fingerprint density at radius 1 is 1.37 bits per heavy atom. The Kier molecular flexibility index (Phi) is 3.80. The monoisotopic (exact) mass is 278 g/mol. The van der Waals surface area contributed by atoms with Gasteiger partial charge in [0.1, 0.15) is 11.8 Å². The summed E-state index contributed by atoms with van der Waals surface area (Å²) in [6, 6.07) is 5.87. The van der Waals surface area contributed by atoms with Crippen molar-refractivity contribution in [2.24, 2.45) is 4.99 Å². The summed E-state index contributed by atoms with van der Waals surface area (Å²) in [5.41, 5.74) is 1.55. The minimum atomic E-state index is -0.994. The second-order valence-corrected chi connectivity index (χ2v) is 4.90. The minimum Gasteiger partial charge on any atom is -0.508 e. The number of rotatable bonds is 2. The molecule has 0 bridgehead atoms. The minimum absolute atomic E-state index is 0.143. The van der Waals surface area contributed by atoms with Crippen LogP contribution < -0.4 is 5.32 Å². The van der Waals surface area contributed by atoms with E-state index in [4.69, 9.17) is 0 Å². The van der Waals surface area contributed by atoms with E-state index in [0.717, 1.165) is 5.56 Å². The number of carboxylic acids is 1. The summed E-state index contributed by atoms with van der Waals surface area (Å²) in [6.07, 6.45) is 1.87. The fourth-order valence-electron chi connectivity index (χ4n) is 1.93. The number of allylic oxidation sites excluding steroid dienone is 1. The number of hydrogen-bond acceptors (Lipinski definition) is 5. The van der Waals surface area contributed by atoms with E-state index >= 15 is 0 Å². The quantitative estimate of drug-likeness (QED) is 0.772. The predicted molar refractivity (Wildman–Crippen MR) is 75.3 cm³/mol. The van der Waals surface area contributed by atoms with Crippen molar-refractivity contribution in [2.45, 2.75) is 13.0 Å². The Labute approximate surface area is 115 Å². The number of phenolic OH excluding ortho intramolecular Hbond substituents is 1. The van der Waals surface area contributed by atoms with Crippen LogP contribution in [0.2, 0.25) is 0 Å². The lowest BCUT2D eigenvalue weighted by Crippen LogP contribution is -2.29. The molecule has 3 N–H and O–H groups in total. The number of aromatic hydroxyl groups is 1. The van der Waals surface area contributed by atoms with Gasteiger partial charge in [0.25, 0.3) is 0 Å². The first-order valence-corrected chi connectivity index (χ1v) is 6.87. The summed E-state index contributed by atoms with van der Waals surface area (Å²) >= 11 is 1.43. The summed E-state index contributed by atoms with van der Waals surface area (Å²) in [7, 11) is 0. The van der Waals surface area contributed by atoms with E-state index < -0.39 is 12.0 Å². The van der Waals surface area contributed by atoms with Crippen LogP contribution in [-0.4, -0.2) is 27.6 Å². The van der Waals surface area contributed by atoms with Crippen LogP contribution in [0.4, 0.5) is 0 Å². The molecule has 1 unspecified atom stereocenters. The molecule has 1 aliphatic heterocycles. The molecule has 19 heavy (non-hydrogen) atoms. The first-order chi connectivity index (χ1) is 9.02. The van der Waals surface area contributed by atoms with E-state index in [9.17, 15) is 15.0 Å². The Bertz CT molecular complexity index is 564. The van der Waals surface area contributed by atoms with Gasteiger partial charge in [-0.25, -0.2) is 9.79 Å². The third-order valence-electron chi connectivity index (χ3n) is 2.85. The summed E-state index contributed by atoms with van der Waals surface area (Å²) in [4.78, 5) is 15.8. The molecule has 1 aromatic carbocycles. The van der Waals surface area contributed by atoms with E-state index in [1.54, 1.807) is 19.1 Å². The average Bonchev–Trinajstić information content (AvgIpc) is 2.38. The summed E-state index contributed by atoms with van der Waals surface area (Å²) < 4.78 is 0. The van der Waals surface area contributed by atoms with Crippen LogP contribution in [0.25, 0.3) is 0 Å². The molecule has 0 fully saturated rings. The Hall–Kier alpha value is -1.95. The number of hydrogen-bond donors (Lipinski definition) is 3. The van der Waals surface area contributed by atoms with Crippen molar-refractivity contribution in [1.29, 1.82) is 0 Å². The van der Waals surface area contributed by atoms with Crippen molar-refractivity contribution in [2.75, 3.05) is 6.26 Å². The Balaban J connectivity index is 2.48. The standard InChI is InChI=1S/C13H14N2O3S/c1-7-10(12(17)18)11(15-13(14-7)19-2)8-3-5-9(16)6-4-8/h3-6,11,16H,1-2H3,(H,14,15)(H,17,18). The maximum Gasteiger partial charge on any atom is 0.335 e. The van der Waals surface area contributed by atoms with Gasteiger partial charge >= 0.3 is 5.97 Å². The molecule has 0 amide bonds. The highest BCUT2D eigenvalue weighted by molar-refractivity contribution is 8.13. The average molecular weight is 278 g/mol. The summed E-state index contributed by atoms with van der Waals surface area (Å²) in [6.45, 7) is 1.72. The van der Waals surface area contributed by atoms with E-state index in [-0.39, 0.29) is 11.3 Å². The van der Waals surface area contributed by atoms with Gasteiger partial charge < -0.3 is 15.5 Å². The number of amidine groups is 1. The molecule has 1 aromatic rings. The number of benzene rings is 1. The van der Waals surface area contributed by atoms with Gasteiger partial charge in [-0.2, -0.15) is 0 Å². The van der Waals surface area contributed by atoms with Crippen molar-refractivity contribution < 1.29 is 15.0 Å². The molecule has 1 heterocycles. The van der Waals surface area contributed by atoms with Crippen LogP contribution in [0.5, 0.6) is 5.75 Å². The SMILES string of the molecule is CSC1=NC(c2ccc(O)cc2)C(C(=O)O)=C(C)N1. The van der Waals surface area contributed by atoms with Crippen molar-refractivity contribution in [3.63, 3.8) is 0 Å². The third-order valence-corrected chi connectivity index (χ3v) is 3.44. The summed E-state index contributed by atoms with van der Waals surface area (Å²) in [5.74, 6) is -0.851. The van der Waals surface area contributed by atoms with Gasteiger partial charge in [0, 0.05) is 5.70 Å². The van der Waals surface area contributed by atoms with Gasteiger partial charge in [-0.3, -0.25) is 0 Å². The molecule has 0 aromatic heterocycles. The van der Waals surface area contributed by atoms with Crippen molar-refractivity contribution >= 4 is 22.9 Å². The number of carboxylic acid groups (broad SMARTS) is 1. The third kappa shape index (κ3) is 2.73. The van der Waals surface area contributed by atoms with E-state index in [2.05, 4.69) is 10.3 Å². The maximum absolute atomic E-state index is 11.4. The van der Waals surface area contributed by atoms with Crippen LogP contribution in [0.1, 0.15) is 18.5 Å². The molecular formula is C13H14N2O3S. The number of carbonyl (C=O) groups is 1. The van der Waals surface area contributed by atoms with E-state index in [1.165, 1.54) is 23.9 Å². The molecule has 100 valence electrons. The fourth-order valence-corrected chi connectivity index (χ4v) is 2.39. The first-order valence-electron chi connectivity index (χ1n) is 5.64. The van der Waals surface area contributed by atoms with Crippen molar-refractivity contribution in [1.82, 2.24) is 5.32 Å². The van der Waals surface area contributed by atoms with Gasteiger partial charge in [-0.15, -0.1) is 0 Å². The van der Waals surface area contributed by atoms with E-state index in [0.29, 0.717) is 10.9 Å². The lowest BCUT2D eigenvalue weighted by molar-refractivity contribution is -0.133. The highest BCUT2D eigenvalue weighted by Crippen LogP contribution is 2.32. The zero-order valence-electron chi connectivity index (χ0n) is 10.5. The lowest BCUT2D eigenvalue weighted by atomic mass is 9.97. The van der Waals surface area contributed by atoms with Gasteiger partial charge in [0.05, 0.1) is 5.57 Å². The molecule has 1 aliphatic rings. The second kappa shape index (κ2) is 5.36. The molecule has 1 atom stereocenters. The molecule has 0 aliphatic carbocycles. The number of aliphatic imine (C=N–C) groups is 1. The lowest BCUT2D eigenvalue weighted by Gasteiger charge is -2.24. The second-order valence-electron chi connectivity index (χ2n) is 4.10. The molecule has 0 saturated heterocycles. The van der Waals surface area contributed by atoms with Crippen molar-refractivity contribution in [3.8, 4) is 5.75 Å². The molecule has 0 spiro atoms. The fraction of sp³-hybridized carbons (Fsp3) is 0.231. The number of nitrogens with zero attached hydrogens (tertiary/aromatic N) is 1. The molecule has 5 nitrogen and oxygen atoms in total. The highest BCUT2D eigenvalue weighted by atomic mass is 32.2. The Morgan fingerprint density at radius 2 is 2.00 bits per heavy atom. The largest absolute Gasteiger partial charge is 0.508 e. The molecule has 6 heteroatoms. The van der Waals surface area contributed by atoms with Crippen LogP contribution >= 0.6 is 11.8 Å². The number of aliphatic carboxylic acids is 1. The van der Waals surface area contributed by atoms with E-state index in [1.807, 2.05) is 6.26 Å². The topological polar surface area (TPSA) is 81.9 Å². The van der Waals surface area contributed by atoms with Gasteiger partial charge in [0.2, 0.25) is 0 Å². The predicted octanol–water partition coefficient (Wildman–Crippen LogP) is 2.11. The molecule has 2 rings (SSSR count). The maximum atomic E-state index is 11.4. The number of thioether (sulfide) groups is 1. The van der Waals surface area contributed by atoms with Gasteiger partial charge in [-0.1, -0.05) is 23.9 Å². The number of nitrogens with one attached hydrogen (secondary N) is 1. The van der Waals surface area contributed by atoms with Crippen LogP contribution in [0, 0.1) is 0 Å². The normalized spacial score (nSPS) is 18.8. The van der Waals surface area contributed by atoms with Crippen LogP contribution in [0.3, 0.4) is 0 Å². The smallest absolute Gasteiger partial charge is 0.335 e. The van der Waals surface area contributed by atoms with Crippen molar-refractivity contribution in [3.05, 3.63) is 41.1 Å². The molecule has 0 saturated carbocycles. The molecular weight excluding hydrogens is 264 g/mol.